The molecule has 1 heteroatoms. The van der Waals surface area contributed by atoms with E-state index < -0.39 is 0 Å². The van der Waals surface area contributed by atoms with Gasteiger partial charge in [0.25, 0.3) is 0 Å². The van der Waals surface area contributed by atoms with E-state index in [9.17, 15) is 4.39 Å². The van der Waals surface area contributed by atoms with Crippen LogP contribution in [0, 0.1) is 5.82 Å². The van der Waals surface area contributed by atoms with Crippen molar-refractivity contribution in [3.63, 3.8) is 0 Å². The molecule has 80 valence electrons. The van der Waals surface area contributed by atoms with Gasteiger partial charge in [0, 0.05) is 0 Å². The van der Waals surface area contributed by atoms with Gasteiger partial charge in [-0.2, -0.15) is 0 Å². The van der Waals surface area contributed by atoms with Gasteiger partial charge >= 0.3 is 0 Å². The maximum absolute atomic E-state index is 12.5. The van der Waals surface area contributed by atoms with Gasteiger partial charge in [0.05, 0.1) is 0 Å². The second-order valence-corrected chi connectivity index (χ2v) is 4.46. The Labute approximate surface area is 87.2 Å². The Kier molecular flexibility index (Phi) is 5.44. The number of benzene rings is 1. The summed E-state index contributed by atoms with van der Waals surface area (Å²) in [5.41, 5.74) is 1.28. The minimum absolute atomic E-state index is 0.119. The zero-order valence-corrected chi connectivity index (χ0v) is 9.89. The van der Waals surface area contributed by atoms with Crippen molar-refractivity contribution in [2.75, 3.05) is 0 Å². The highest BCUT2D eigenvalue weighted by molar-refractivity contribution is 5.22. The SMILES string of the molecule is CC(C)(C)c1ccc(F)cc1.CCC. The van der Waals surface area contributed by atoms with Crippen LogP contribution in [-0.2, 0) is 5.41 Å². The molecule has 0 amide bonds. The summed E-state index contributed by atoms with van der Waals surface area (Å²) in [5, 5.41) is 0. The van der Waals surface area contributed by atoms with Crippen LogP contribution >= 0.6 is 0 Å². The topological polar surface area (TPSA) is 0 Å². The Morgan fingerprint density at radius 1 is 1.00 bits per heavy atom. The molecule has 0 fully saturated rings. The molecular weight excluding hydrogens is 175 g/mol. The van der Waals surface area contributed by atoms with Gasteiger partial charge in [0.2, 0.25) is 0 Å². The second kappa shape index (κ2) is 5.79. The minimum atomic E-state index is -0.169. The van der Waals surface area contributed by atoms with Crippen LogP contribution in [0.1, 0.15) is 46.6 Å². The molecule has 0 bridgehead atoms. The molecule has 0 heterocycles. The van der Waals surface area contributed by atoms with Crippen LogP contribution in [0.15, 0.2) is 24.3 Å². The molecule has 0 aliphatic rings. The van der Waals surface area contributed by atoms with Crippen molar-refractivity contribution in [3.8, 4) is 0 Å². The van der Waals surface area contributed by atoms with Crippen LogP contribution in [0.4, 0.5) is 4.39 Å². The first-order chi connectivity index (χ1) is 6.41. The fraction of sp³-hybridized carbons (Fsp3) is 0.538. The average Bonchev–Trinajstić information content (AvgIpc) is 2.04. The quantitative estimate of drug-likeness (QED) is 0.571. The van der Waals surface area contributed by atoms with Gasteiger partial charge in [-0.1, -0.05) is 53.2 Å². The zero-order valence-electron chi connectivity index (χ0n) is 9.89. The van der Waals surface area contributed by atoms with Gasteiger partial charge in [-0.15, -0.1) is 0 Å². The summed E-state index contributed by atoms with van der Waals surface area (Å²) >= 11 is 0. The van der Waals surface area contributed by atoms with Crippen LogP contribution < -0.4 is 0 Å². The molecule has 14 heavy (non-hydrogen) atoms. The Bertz CT molecular complexity index is 241. The van der Waals surface area contributed by atoms with Gasteiger partial charge in [-0.25, -0.2) is 4.39 Å². The van der Waals surface area contributed by atoms with Crippen molar-refractivity contribution >= 4 is 0 Å². The highest BCUT2D eigenvalue weighted by Crippen LogP contribution is 2.21. The van der Waals surface area contributed by atoms with Crippen LogP contribution in [-0.4, -0.2) is 0 Å². The number of halogens is 1. The van der Waals surface area contributed by atoms with E-state index >= 15 is 0 Å². The minimum Gasteiger partial charge on any atom is -0.207 e. The Balaban J connectivity index is 0.000000500. The first-order valence-electron chi connectivity index (χ1n) is 5.17. The van der Waals surface area contributed by atoms with E-state index in [0.717, 1.165) is 0 Å². The number of hydrogen-bond donors (Lipinski definition) is 0. The monoisotopic (exact) mass is 196 g/mol. The molecule has 0 atom stereocenters. The normalized spacial score (nSPS) is 10.4. The van der Waals surface area contributed by atoms with E-state index in [1.165, 1.54) is 24.1 Å². The lowest BCUT2D eigenvalue weighted by atomic mass is 9.87. The third-order valence-electron chi connectivity index (χ3n) is 1.71. The average molecular weight is 196 g/mol. The largest absolute Gasteiger partial charge is 0.207 e. The van der Waals surface area contributed by atoms with Gasteiger partial charge < -0.3 is 0 Å². The maximum atomic E-state index is 12.5. The lowest BCUT2D eigenvalue weighted by Crippen LogP contribution is -2.10. The Morgan fingerprint density at radius 3 is 1.64 bits per heavy atom. The van der Waals surface area contributed by atoms with Crippen LogP contribution in [0.25, 0.3) is 0 Å². The zero-order chi connectivity index (χ0) is 11.2. The lowest BCUT2D eigenvalue weighted by Gasteiger charge is -2.18. The van der Waals surface area contributed by atoms with Crippen molar-refractivity contribution in [2.45, 2.75) is 46.5 Å². The first kappa shape index (κ1) is 13.2. The molecule has 1 aromatic carbocycles. The molecular formula is C13H21F. The molecule has 0 nitrogen and oxygen atoms in total. The van der Waals surface area contributed by atoms with Crippen molar-refractivity contribution in [2.24, 2.45) is 0 Å². The Morgan fingerprint density at radius 2 is 1.36 bits per heavy atom. The predicted molar refractivity (Wildman–Crippen MR) is 61.1 cm³/mol. The number of hydrogen-bond acceptors (Lipinski definition) is 0. The molecule has 1 aromatic rings. The standard InChI is InChI=1S/C10H13F.C3H8/c1-10(2,3)8-4-6-9(11)7-5-8;1-3-2/h4-7H,1-3H3;3H2,1-2H3. The summed E-state index contributed by atoms with van der Waals surface area (Å²) < 4.78 is 12.5. The molecule has 0 aliphatic carbocycles. The fourth-order valence-corrected chi connectivity index (χ4v) is 0.950. The van der Waals surface area contributed by atoms with E-state index in [-0.39, 0.29) is 11.2 Å². The summed E-state index contributed by atoms with van der Waals surface area (Å²) in [5.74, 6) is -0.169. The molecule has 0 aromatic heterocycles. The summed E-state index contributed by atoms with van der Waals surface area (Å²) in [6.07, 6.45) is 1.25. The third kappa shape index (κ3) is 5.00. The summed E-state index contributed by atoms with van der Waals surface area (Å²) in [6.45, 7) is 10.6. The molecule has 0 N–H and O–H groups in total. The van der Waals surface area contributed by atoms with Gasteiger partial charge in [-0.3, -0.25) is 0 Å². The fourth-order valence-electron chi connectivity index (χ4n) is 0.950. The molecule has 0 radical (unpaired) electrons. The summed E-state index contributed by atoms with van der Waals surface area (Å²) in [6, 6.07) is 6.66. The van der Waals surface area contributed by atoms with E-state index in [4.69, 9.17) is 0 Å². The van der Waals surface area contributed by atoms with Crippen molar-refractivity contribution in [3.05, 3.63) is 35.6 Å². The maximum Gasteiger partial charge on any atom is 0.123 e. The molecule has 0 saturated heterocycles. The Hall–Kier alpha value is -0.850. The van der Waals surface area contributed by atoms with Crippen LogP contribution in [0.2, 0.25) is 0 Å². The van der Waals surface area contributed by atoms with Crippen molar-refractivity contribution in [1.29, 1.82) is 0 Å². The molecule has 0 saturated carbocycles. The van der Waals surface area contributed by atoms with E-state index in [1.54, 1.807) is 0 Å². The van der Waals surface area contributed by atoms with E-state index in [0.29, 0.717) is 0 Å². The molecule has 0 spiro atoms. The van der Waals surface area contributed by atoms with Crippen molar-refractivity contribution < 1.29 is 4.39 Å². The molecule has 0 aliphatic heterocycles. The summed E-state index contributed by atoms with van der Waals surface area (Å²) in [4.78, 5) is 0. The number of rotatable bonds is 0. The highest BCUT2D eigenvalue weighted by atomic mass is 19.1. The van der Waals surface area contributed by atoms with E-state index in [2.05, 4.69) is 34.6 Å². The lowest BCUT2D eigenvalue weighted by molar-refractivity contribution is 0.583. The first-order valence-corrected chi connectivity index (χ1v) is 5.17. The van der Waals surface area contributed by atoms with Crippen molar-refractivity contribution in [1.82, 2.24) is 0 Å². The van der Waals surface area contributed by atoms with Crippen LogP contribution in [0.3, 0.4) is 0 Å². The molecule has 0 unspecified atom stereocenters. The van der Waals surface area contributed by atoms with Gasteiger partial charge in [0.15, 0.2) is 0 Å². The third-order valence-corrected chi connectivity index (χ3v) is 1.71. The van der Waals surface area contributed by atoms with Gasteiger partial charge in [-0.05, 0) is 23.1 Å². The van der Waals surface area contributed by atoms with Gasteiger partial charge in [0.1, 0.15) is 5.82 Å². The summed E-state index contributed by atoms with van der Waals surface area (Å²) in [7, 11) is 0. The second-order valence-electron chi connectivity index (χ2n) is 4.46. The highest BCUT2D eigenvalue weighted by Gasteiger charge is 2.12. The van der Waals surface area contributed by atoms with E-state index in [1.807, 2.05) is 12.1 Å². The predicted octanol–water partition coefficient (Wildman–Crippen LogP) is 4.54. The smallest absolute Gasteiger partial charge is 0.123 e. The van der Waals surface area contributed by atoms with Crippen LogP contribution in [0.5, 0.6) is 0 Å². The molecule has 1 rings (SSSR count).